The zero-order valence-electron chi connectivity index (χ0n) is 10.5. The van der Waals surface area contributed by atoms with Crippen LogP contribution in [-0.4, -0.2) is 24.9 Å². The molecular formula is C14H16N2O2. The van der Waals surface area contributed by atoms with E-state index in [1.807, 2.05) is 38.4 Å². The first-order valence-electron chi connectivity index (χ1n) is 5.73. The number of carbonyl (C=O) groups excluding carboxylic acids is 1. The van der Waals surface area contributed by atoms with Gasteiger partial charge in [-0.2, -0.15) is 0 Å². The molecule has 18 heavy (non-hydrogen) atoms. The van der Waals surface area contributed by atoms with E-state index in [4.69, 9.17) is 4.42 Å². The fraction of sp³-hybridized carbons (Fsp3) is 0.214. The van der Waals surface area contributed by atoms with Gasteiger partial charge in [0.05, 0.1) is 6.26 Å². The minimum Gasteiger partial charge on any atom is -0.459 e. The number of anilines is 1. The van der Waals surface area contributed by atoms with Crippen LogP contribution in [0.25, 0.3) is 0 Å². The van der Waals surface area contributed by atoms with Crippen LogP contribution in [-0.2, 0) is 6.54 Å². The molecule has 1 heterocycles. The minimum atomic E-state index is -0.234. The quantitative estimate of drug-likeness (QED) is 0.899. The zero-order valence-corrected chi connectivity index (χ0v) is 10.5. The fourth-order valence-electron chi connectivity index (χ4n) is 1.71. The molecule has 4 heteroatoms. The van der Waals surface area contributed by atoms with Gasteiger partial charge >= 0.3 is 0 Å². The summed E-state index contributed by atoms with van der Waals surface area (Å²) in [5.41, 5.74) is 1.92. The maximum absolute atomic E-state index is 11.8. The number of nitrogens with zero attached hydrogens (tertiary/aromatic N) is 1. The van der Waals surface area contributed by atoms with Crippen LogP contribution < -0.4 is 5.32 Å². The molecule has 0 aliphatic rings. The zero-order chi connectivity index (χ0) is 13.0. The van der Waals surface area contributed by atoms with Crippen molar-refractivity contribution in [2.24, 2.45) is 0 Å². The first-order chi connectivity index (χ1) is 8.65. The number of hydrogen-bond acceptors (Lipinski definition) is 3. The van der Waals surface area contributed by atoms with Crippen molar-refractivity contribution >= 4 is 11.6 Å². The average molecular weight is 244 g/mol. The second kappa shape index (κ2) is 5.51. The van der Waals surface area contributed by atoms with E-state index in [1.54, 1.807) is 12.1 Å². The molecule has 0 spiro atoms. The molecule has 1 amide bonds. The predicted octanol–water partition coefficient (Wildman–Crippen LogP) is 2.59. The summed E-state index contributed by atoms with van der Waals surface area (Å²) in [6, 6.07) is 11.1. The first-order valence-corrected chi connectivity index (χ1v) is 5.73. The highest BCUT2D eigenvalue weighted by Gasteiger charge is 2.08. The van der Waals surface area contributed by atoms with E-state index in [0.717, 1.165) is 17.8 Å². The lowest BCUT2D eigenvalue weighted by Crippen LogP contribution is -2.13. The SMILES string of the molecule is CN(C)Cc1cccc(NC(=O)c2ccco2)c1. The van der Waals surface area contributed by atoms with E-state index in [1.165, 1.54) is 6.26 Å². The van der Waals surface area contributed by atoms with Crippen molar-refractivity contribution in [2.45, 2.75) is 6.54 Å². The second-order valence-electron chi connectivity index (χ2n) is 4.37. The number of rotatable bonds is 4. The van der Waals surface area contributed by atoms with Crippen LogP contribution in [0.2, 0.25) is 0 Å². The van der Waals surface area contributed by atoms with Gasteiger partial charge in [0.1, 0.15) is 0 Å². The lowest BCUT2D eigenvalue weighted by Gasteiger charge is -2.11. The topological polar surface area (TPSA) is 45.5 Å². The molecule has 1 N–H and O–H groups in total. The number of carbonyl (C=O) groups is 1. The van der Waals surface area contributed by atoms with E-state index in [2.05, 4.69) is 10.2 Å². The summed E-state index contributed by atoms with van der Waals surface area (Å²) in [5.74, 6) is 0.0787. The Balaban J connectivity index is 2.07. The van der Waals surface area contributed by atoms with E-state index < -0.39 is 0 Å². The molecule has 0 aliphatic carbocycles. The van der Waals surface area contributed by atoms with Gasteiger partial charge in [-0.15, -0.1) is 0 Å². The maximum atomic E-state index is 11.8. The van der Waals surface area contributed by atoms with Crippen LogP contribution in [0.4, 0.5) is 5.69 Å². The van der Waals surface area contributed by atoms with Crippen LogP contribution in [0.1, 0.15) is 16.1 Å². The van der Waals surface area contributed by atoms with Gasteiger partial charge in [-0.05, 0) is 43.9 Å². The Bertz CT molecular complexity index is 518. The molecule has 4 nitrogen and oxygen atoms in total. The summed E-state index contributed by atoms with van der Waals surface area (Å²) in [5, 5.41) is 2.81. The van der Waals surface area contributed by atoms with Crippen molar-refractivity contribution in [3.63, 3.8) is 0 Å². The average Bonchev–Trinajstić information content (AvgIpc) is 2.81. The molecule has 1 aromatic heterocycles. The molecule has 2 aromatic rings. The predicted molar refractivity (Wildman–Crippen MR) is 70.5 cm³/mol. The minimum absolute atomic E-state index is 0.234. The number of nitrogens with one attached hydrogen (secondary N) is 1. The maximum Gasteiger partial charge on any atom is 0.291 e. The molecule has 94 valence electrons. The Labute approximate surface area is 106 Å². The standard InChI is InChI=1S/C14H16N2O2/c1-16(2)10-11-5-3-6-12(9-11)15-14(17)13-7-4-8-18-13/h3-9H,10H2,1-2H3,(H,15,17). The van der Waals surface area contributed by atoms with Crippen molar-refractivity contribution in [3.8, 4) is 0 Å². The lowest BCUT2D eigenvalue weighted by molar-refractivity contribution is 0.0996. The van der Waals surface area contributed by atoms with E-state index in [-0.39, 0.29) is 5.91 Å². The van der Waals surface area contributed by atoms with E-state index >= 15 is 0 Å². The molecule has 0 bridgehead atoms. The summed E-state index contributed by atoms with van der Waals surface area (Å²) in [6.45, 7) is 0.838. The van der Waals surface area contributed by atoms with E-state index in [0.29, 0.717) is 5.76 Å². The van der Waals surface area contributed by atoms with Crippen LogP contribution in [0.3, 0.4) is 0 Å². The molecule has 0 fully saturated rings. The number of benzene rings is 1. The van der Waals surface area contributed by atoms with Crippen molar-refractivity contribution in [1.29, 1.82) is 0 Å². The molecular weight excluding hydrogens is 228 g/mol. The van der Waals surface area contributed by atoms with Gasteiger partial charge in [-0.3, -0.25) is 4.79 Å². The Morgan fingerprint density at radius 3 is 2.78 bits per heavy atom. The Hall–Kier alpha value is -2.07. The summed E-state index contributed by atoms with van der Waals surface area (Å²) in [4.78, 5) is 13.9. The molecule has 0 unspecified atom stereocenters. The van der Waals surface area contributed by atoms with Gasteiger partial charge in [-0.25, -0.2) is 0 Å². The summed E-state index contributed by atoms with van der Waals surface area (Å²) < 4.78 is 5.04. The van der Waals surface area contributed by atoms with Crippen molar-refractivity contribution in [3.05, 3.63) is 54.0 Å². The van der Waals surface area contributed by atoms with Gasteiger partial charge in [-0.1, -0.05) is 12.1 Å². The molecule has 0 saturated heterocycles. The normalized spacial score (nSPS) is 10.6. The van der Waals surface area contributed by atoms with E-state index in [9.17, 15) is 4.79 Å². The van der Waals surface area contributed by atoms with Crippen molar-refractivity contribution in [2.75, 3.05) is 19.4 Å². The smallest absolute Gasteiger partial charge is 0.291 e. The number of amides is 1. The second-order valence-corrected chi connectivity index (χ2v) is 4.37. The van der Waals surface area contributed by atoms with Crippen LogP contribution in [0.15, 0.2) is 47.1 Å². The van der Waals surface area contributed by atoms with Gasteiger partial charge < -0.3 is 14.6 Å². The summed E-state index contributed by atoms with van der Waals surface area (Å²) in [6.07, 6.45) is 1.48. The lowest BCUT2D eigenvalue weighted by atomic mass is 10.2. The molecule has 1 aromatic carbocycles. The fourth-order valence-corrected chi connectivity index (χ4v) is 1.71. The first kappa shape index (κ1) is 12.4. The summed E-state index contributed by atoms with van der Waals surface area (Å²) in [7, 11) is 4.02. The largest absolute Gasteiger partial charge is 0.459 e. The monoisotopic (exact) mass is 244 g/mol. The highest BCUT2D eigenvalue weighted by atomic mass is 16.3. The number of furan rings is 1. The molecule has 0 aliphatic heterocycles. The third-order valence-electron chi connectivity index (χ3n) is 2.43. The van der Waals surface area contributed by atoms with Crippen LogP contribution >= 0.6 is 0 Å². The van der Waals surface area contributed by atoms with Gasteiger partial charge in [0, 0.05) is 12.2 Å². The van der Waals surface area contributed by atoms with Crippen molar-refractivity contribution < 1.29 is 9.21 Å². The van der Waals surface area contributed by atoms with Crippen LogP contribution in [0.5, 0.6) is 0 Å². The highest BCUT2D eigenvalue weighted by Crippen LogP contribution is 2.13. The molecule has 0 atom stereocenters. The third kappa shape index (κ3) is 3.21. The summed E-state index contributed by atoms with van der Waals surface area (Å²) >= 11 is 0. The third-order valence-corrected chi connectivity index (χ3v) is 2.43. The van der Waals surface area contributed by atoms with Gasteiger partial charge in [0.2, 0.25) is 0 Å². The molecule has 0 radical (unpaired) electrons. The Morgan fingerprint density at radius 1 is 1.28 bits per heavy atom. The number of hydrogen-bond donors (Lipinski definition) is 1. The Kier molecular flexibility index (Phi) is 3.79. The van der Waals surface area contributed by atoms with Gasteiger partial charge in [0.15, 0.2) is 5.76 Å². The van der Waals surface area contributed by atoms with Crippen molar-refractivity contribution in [1.82, 2.24) is 4.90 Å². The van der Waals surface area contributed by atoms with Crippen LogP contribution in [0, 0.1) is 0 Å². The molecule has 2 rings (SSSR count). The molecule has 0 saturated carbocycles. The Morgan fingerprint density at radius 2 is 2.11 bits per heavy atom. The highest BCUT2D eigenvalue weighted by molar-refractivity contribution is 6.02. The van der Waals surface area contributed by atoms with Gasteiger partial charge in [0.25, 0.3) is 5.91 Å².